The molecule has 0 aliphatic carbocycles. The smallest absolute Gasteiger partial charge is 0.306 e. The molecule has 336 valence electrons. The van der Waals surface area contributed by atoms with Crippen LogP contribution in [-0.2, 0) is 28.6 Å². The topological polar surface area (TPSA) is 78.9 Å². The van der Waals surface area contributed by atoms with Gasteiger partial charge in [-0.25, -0.2) is 0 Å². The van der Waals surface area contributed by atoms with Gasteiger partial charge in [0.2, 0.25) is 0 Å². The Kier molecular flexibility index (Phi) is 44.5. The van der Waals surface area contributed by atoms with E-state index in [4.69, 9.17) is 14.2 Å². The van der Waals surface area contributed by atoms with Crippen LogP contribution in [0.15, 0.2) is 85.1 Å². The van der Waals surface area contributed by atoms with E-state index in [1.807, 2.05) is 48.6 Å². The van der Waals surface area contributed by atoms with Crippen molar-refractivity contribution >= 4 is 17.9 Å². The lowest BCUT2D eigenvalue weighted by Gasteiger charge is -2.18. The summed E-state index contributed by atoms with van der Waals surface area (Å²) >= 11 is 0. The van der Waals surface area contributed by atoms with Crippen molar-refractivity contribution in [2.75, 3.05) is 13.2 Å². The van der Waals surface area contributed by atoms with Crippen LogP contribution in [0.2, 0.25) is 0 Å². The number of unbranched alkanes of at least 4 members (excludes halogenated alkanes) is 22. The SMILES string of the molecule is CC\C=C/C=C\C=C/C=C\C=C/CCCCCC(=O)OCC(COC(=O)CCCCC/C=C\C=C/CCCC)OC(=O)CCCCCCCCCCCCCCCCC. The average Bonchev–Trinajstić information content (AvgIpc) is 3.23. The van der Waals surface area contributed by atoms with E-state index in [-0.39, 0.29) is 31.1 Å². The minimum absolute atomic E-state index is 0.104. The van der Waals surface area contributed by atoms with Gasteiger partial charge in [-0.3, -0.25) is 14.4 Å². The molecule has 0 fully saturated rings. The van der Waals surface area contributed by atoms with E-state index in [1.165, 1.54) is 89.9 Å². The van der Waals surface area contributed by atoms with Crippen molar-refractivity contribution in [1.29, 1.82) is 0 Å². The van der Waals surface area contributed by atoms with Gasteiger partial charge in [-0.05, 0) is 57.8 Å². The number of rotatable bonds is 42. The molecule has 0 N–H and O–H groups in total. The maximum absolute atomic E-state index is 12.8. The third kappa shape index (κ3) is 45.5. The fraction of sp³-hybridized carbons (Fsp3) is 0.679. The second kappa shape index (κ2) is 47.3. The van der Waals surface area contributed by atoms with Crippen LogP contribution >= 0.6 is 0 Å². The minimum atomic E-state index is -0.802. The van der Waals surface area contributed by atoms with Crippen LogP contribution in [0, 0.1) is 0 Å². The van der Waals surface area contributed by atoms with Gasteiger partial charge in [-0.2, -0.15) is 0 Å². The Bertz CT molecular complexity index is 1170. The van der Waals surface area contributed by atoms with Gasteiger partial charge in [0.05, 0.1) is 0 Å². The van der Waals surface area contributed by atoms with Crippen molar-refractivity contribution in [3.05, 3.63) is 85.1 Å². The zero-order valence-electron chi connectivity index (χ0n) is 38.2. The zero-order chi connectivity index (χ0) is 43.0. The number of carbonyl (C=O) groups excluding carboxylic acids is 3. The van der Waals surface area contributed by atoms with Crippen molar-refractivity contribution in [2.45, 2.75) is 219 Å². The molecule has 0 rings (SSSR count). The van der Waals surface area contributed by atoms with Crippen LogP contribution in [0.1, 0.15) is 213 Å². The first-order chi connectivity index (χ1) is 29.0. The van der Waals surface area contributed by atoms with Crippen LogP contribution in [0.3, 0.4) is 0 Å². The Balaban J connectivity index is 4.48. The molecule has 6 nitrogen and oxygen atoms in total. The molecular weight excluding hydrogens is 733 g/mol. The Morgan fingerprint density at radius 1 is 0.356 bits per heavy atom. The van der Waals surface area contributed by atoms with E-state index in [0.717, 1.165) is 83.5 Å². The summed E-state index contributed by atoms with van der Waals surface area (Å²) in [5, 5.41) is 0. The quantitative estimate of drug-likeness (QED) is 0.0264. The molecule has 0 spiro atoms. The highest BCUT2D eigenvalue weighted by molar-refractivity contribution is 5.71. The summed E-state index contributed by atoms with van der Waals surface area (Å²) in [5.74, 6) is -0.974. The molecule has 0 aromatic heterocycles. The highest BCUT2D eigenvalue weighted by Gasteiger charge is 2.19. The fourth-order valence-corrected chi connectivity index (χ4v) is 6.38. The number of hydrogen-bond donors (Lipinski definition) is 0. The van der Waals surface area contributed by atoms with Crippen molar-refractivity contribution in [1.82, 2.24) is 0 Å². The van der Waals surface area contributed by atoms with Gasteiger partial charge in [0.1, 0.15) is 13.2 Å². The standard InChI is InChI=1S/C53H88O6/c1-4-7-10-13-16-19-22-24-26-28-31-34-37-40-43-46-52(55)58-49-50(48-57-51(54)45-42-39-36-33-30-21-18-15-12-9-6-3)59-53(56)47-44-41-38-35-32-29-27-25-23-20-17-14-11-8-5-2/h7,10,13,15-16,18-19,21-22,24,26,28,30-31,50H,4-6,8-9,11-12,14,17,20,23,25,27,29,32-49H2,1-3H3/b10-7-,16-13-,18-15-,22-19-,26-24-,30-21-,31-28-. The maximum atomic E-state index is 12.8. The molecule has 0 amide bonds. The van der Waals surface area contributed by atoms with Gasteiger partial charge in [-0.1, -0.05) is 221 Å². The maximum Gasteiger partial charge on any atom is 0.306 e. The van der Waals surface area contributed by atoms with Crippen LogP contribution in [0.25, 0.3) is 0 Å². The van der Waals surface area contributed by atoms with E-state index in [0.29, 0.717) is 19.3 Å². The predicted octanol–water partition coefficient (Wildman–Crippen LogP) is 15.6. The molecule has 0 aliphatic rings. The van der Waals surface area contributed by atoms with Crippen molar-refractivity contribution in [2.24, 2.45) is 0 Å². The number of allylic oxidation sites excluding steroid dienone is 14. The van der Waals surface area contributed by atoms with E-state index in [2.05, 4.69) is 57.2 Å². The van der Waals surface area contributed by atoms with Crippen LogP contribution in [-0.4, -0.2) is 37.2 Å². The fourth-order valence-electron chi connectivity index (χ4n) is 6.38. The van der Waals surface area contributed by atoms with Gasteiger partial charge in [0, 0.05) is 19.3 Å². The normalized spacial score (nSPS) is 12.8. The molecule has 1 unspecified atom stereocenters. The molecule has 0 radical (unpaired) electrons. The second-order valence-electron chi connectivity index (χ2n) is 15.8. The largest absolute Gasteiger partial charge is 0.462 e. The number of carbonyl (C=O) groups is 3. The molecular formula is C53H88O6. The summed E-state index contributed by atoms with van der Waals surface area (Å²) in [4.78, 5) is 37.8. The summed E-state index contributed by atoms with van der Waals surface area (Å²) in [7, 11) is 0. The van der Waals surface area contributed by atoms with Crippen LogP contribution in [0.5, 0.6) is 0 Å². The van der Waals surface area contributed by atoms with E-state index >= 15 is 0 Å². The summed E-state index contributed by atoms with van der Waals surface area (Å²) in [6.45, 7) is 6.37. The van der Waals surface area contributed by atoms with Crippen molar-refractivity contribution < 1.29 is 28.6 Å². The van der Waals surface area contributed by atoms with E-state index < -0.39 is 6.10 Å². The first kappa shape index (κ1) is 55.6. The van der Waals surface area contributed by atoms with E-state index in [1.54, 1.807) is 0 Å². The summed E-state index contributed by atoms with van der Waals surface area (Å²) in [6.07, 6.45) is 59.9. The third-order valence-corrected chi connectivity index (χ3v) is 10.0. The van der Waals surface area contributed by atoms with Crippen LogP contribution < -0.4 is 0 Å². The summed E-state index contributed by atoms with van der Waals surface area (Å²) in [6, 6.07) is 0. The molecule has 6 heteroatoms. The highest BCUT2D eigenvalue weighted by atomic mass is 16.6. The lowest BCUT2D eigenvalue weighted by atomic mass is 10.0. The Labute approximate surface area is 363 Å². The first-order valence-corrected chi connectivity index (χ1v) is 24.2. The molecule has 0 aromatic carbocycles. The molecule has 0 saturated heterocycles. The second-order valence-corrected chi connectivity index (χ2v) is 15.8. The Hall–Kier alpha value is -3.41. The summed E-state index contributed by atoms with van der Waals surface area (Å²) < 4.78 is 16.7. The van der Waals surface area contributed by atoms with Crippen molar-refractivity contribution in [3.63, 3.8) is 0 Å². The Morgan fingerprint density at radius 2 is 0.678 bits per heavy atom. The third-order valence-electron chi connectivity index (χ3n) is 10.0. The molecule has 1 atom stereocenters. The first-order valence-electron chi connectivity index (χ1n) is 24.2. The minimum Gasteiger partial charge on any atom is -0.462 e. The van der Waals surface area contributed by atoms with Gasteiger partial charge < -0.3 is 14.2 Å². The number of ether oxygens (including phenoxy) is 3. The van der Waals surface area contributed by atoms with E-state index in [9.17, 15) is 14.4 Å². The van der Waals surface area contributed by atoms with Gasteiger partial charge in [0.15, 0.2) is 6.10 Å². The molecule has 0 aliphatic heterocycles. The molecule has 0 aromatic rings. The molecule has 0 saturated carbocycles. The summed E-state index contributed by atoms with van der Waals surface area (Å²) in [5.41, 5.74) is 0. The average molecular weight is 821 g/mol. The highest BCUT2D eigenvalue weighted by Crippen LogP contribution is 2.15. The monoisotopic (exact) mass is 821 g/mol. The zero-order valence-corrected chi connectivity index (χ0v) is 38.2. The Morgan fingerprint density at radius 3 is 1.10 bits per heavy atom. The van der Waals surface area contributed by atoms with Gasteiger partial charge in [-0.15, -0.1) is 0 Å². The molecule has 59 heavy (non-hydrogen) atoms. The number of hydrogen-bond acceptors (Lipinski definition) is 6. The van der Waals surface area contributed by atoms with Crippen molar-refractivity contribution in [3.8, 4) is 0 Å². The molecule has 0 bridgehead atoms. The predicted molar refractivity (Wildman–Crippen MR) is 251 cm³/mol. The van der Waals surface area contributed by atoms with Crippen LogP contribution in [0.4, 0.5) is 0 Å². The van der Waals surface area contributed by atoms with Gasteiger partial charge >= 0.3 is 17.9 Å². The van der Waals surface area contributed by atoms with Gasteiger partial charge in [0.25, 0.3) is 0 Å². The lowest BCUT2D eigenvalue weighted by Crippen LogP contribution is -2.30. The molecule has 0 heterocycles. The number of esters is 3. The lowest BCUT2D eigenvalue weighted by molar-refractivity contribution is -0.167.